The molecular weight excluding hydrogens is 384 g/mol. The van der Waals surface area contributed by atoms with Crippen molar-refractivity contribution in [3.05, 3.63) is 83.6 Å². The van der Waals surface area contributed by atoms with Gasteiger partial charge < -0.3 is 4.98 Å². The molecule has 0 aliphatic carbocycles. The van der Waals surface area contributed by atoms with Crippen LogP contribution in [0.2, 0.25) is 5.02 Å². The molecule has 0 fully saturated rings. The van der Waals surface area contributed by atoms with Gasteiger partial charge in [-0.3, -0.25) is 0 Å². The smallest absolute Gasteiger partial charge is 0.244 e. The zero-order valence-corrected chi connectivity index (χ0v) is 15.9. The predicted octanol–water partition coefficient (Wildman–Crippen LogP) is 5.27. The van der Waals surface area contributed by atoms with Gasteiger partial charge in [-0.2, -0.15) is 5.10 Å². The Labute approximate surface area is 171 Å². The van der Waals surface area contributed by atoms with Gasteiger partial charge in [0, 0.05) is 16.0 Å². The normalized spacial score (nSPS) is 11.5. The summed E-state index contributed by atoms with van der Waals surface area (Å²) in [6.07, 6.45) is 1.61. The summed E-state index contributed by atoms with van der Waals surface area (Å²) in [5.74, 6) is 1.04. The van der Waals surface area contributed by atoms with E-state index in [4.69, 9.17) is 11.6 Å². The highest BCUT2D eigenvalue weighted by Gasteiger charge is 2.10. The lowest BCUT2D eigenvalue weighted by molar-refractivity contribution is 1.15. The summed E-state index contributed by atoms with van der Waals surface area (Å²) < 4.78 is 0. The van der Waals surface area contributed by atoms with Gasteiger partial charge in [0.25, 0.3) is 0 Å². The van der Waals surface area contributed by atoms with Crippen molar-refractivity contribution in [1.29, 1.82) is 0 Å². The molecule has 0 radical (unpaired) electrons. The Balaban J connectivity index is 1.50. The van der Waals surface area contributed by atoms with E-state index in [0.717, 1.165) is 33.2 Å². The van der Waals surface area contributed by atoms with Gasteiger partial charge in [-0.15, -0.1) is 0 Å². The van der Waals surface area contributed by atoms with Crippen LogP contribution in [-0.2, 0) is 0 Å². The number of benzene rings is 3. The van der Waals surface area contributed by atoms with E-state index in [-0.39, 0.29) is 0 Å². The average molecular weight is 399 g/mol. The summed E-state index contributed by atoms with van der Waals surface area (Å²) in [5.41, 5.74) is 7.31. The van der Waals surface area contributed by atoms with Gasteiger partial charge in [0.2, 0.25) is 5.95 Å². The molecule has 0 aliphatic rings. The van der Waals surface area contributed by atoms with Crippen molar-refractivity contribution < 1.29 is 0 Å². The van der Waals surface area contributed by atoms with Crippen LogP contribution in [0.5, 0.6) is 0 Å². The van der Waals surface area contributed by atoms with Gasteiger partial charge in [-0.1, -0.05) is 54.1 Å². The first-order chi connectivity index (χ1) is 14.3. The molecule has 2 N–H and O–H groups in total. The summed E-state index contributed by atoms with van der Waals surface area (Å²) in [6, 6.07) is 23.3. The average Bonchev–Trinajstić information content (AvgIpc) is 3.17. The van der Waals surface area contributed by atoms with Crippen molar-refractivity contribution in [2.45, 2.75) is 0 Å². The van der Waals surface area contributed by atoms with Gasteiger partial charge in [-0.25, -0.2) is 20.4 Å². The molecule has 0 unspecified atom stereocenters. The molecule has 7 heteroatoms. The zero-order valence-electron chi connectivity index (χ0n) is 15.2. The Morgan fingerprint density at radius 2 is 1.69 bits per heavy atom. The molecule has 3 aromatic carbocycles. The largest absolute Gasteiger partial charge is 0.337 e. The topological polar surface area (TPSA) is 78.9 Å². The van der Waals surface area contributed by atoms with Gasteiger partial charge in [0.1, 0.15) is 0 Å². The first kappa shape index (κ1) is 17.3. The van der Waals surface area contributed by atoms with Crippen molar-refractivity contribution in [3.8, 4) is 11.3 Å². The van der Waals surface area contributed by atoms with Crippen LogP contribution < -0.4 is 5.43 Å². The lowest BCUT2D eigenvalue weighted by Crippen LogP contribution is -2.00. The Hall–Kier alpha value is -3.77. The number of imidazole rings is 1. The van der Waals surface area contributed by atoms with Crippen LogP contribution in [0.4, 0.5) is 5.95 Å². The summed E-state index contributed by atoms with van der Waals surface area (Å²) in [4.78, 5) is 16.9. The highest BCUT2D eigenvalue weighted by molar-refractivity contribution is 6.31. The third-order valence-corrected chi connectivity index (χ3v) is 4.70. The molecule has 140 valence electrons. The van der Waals surface area contributed by atoms with Crippen LogP contribution in [0.1, 0.15) is 5.82 Å². The number of fused-ring (bicyclic) bond motifs is 2. The SMILES string of the molecule is Clc1ccc2nc(N/N=C/c3nc4ccccc4[nH]3)nc(-c3ccccc3)c2c1. The number of para-hydroxylation sites is 2. The Kier molecular flexibility index (Phi) is 4.38. The Morgan fingerprint density at radius 1 is 0.862 bits per heavy atom. The molecule has 6 nitrogen and oxygen atoms in total. The first-order valence-electron chi connectivity index (χ1n) is 9.03. The van der Waals surface area contributed by atoms with Crippen LogP contribution in [0.15, 0.2) is 77.9 Å². The second-order valence-electron chi connectivity index (χ2n) is 6.43. The summed E-state index contributed by atoms with van der Waals surface area (Å²) in [6.45, 7) is 0. The summed E-state index contributed by atoms with van der Waals surface area (Å²) in [5, 5.41) is 5.77. The maximum absolute atomic E-state index is 6.20. The molecule has 2 aromatic heterocycles. The summed E-state index contributed by atoms with van der Waals surface area (Å²) in [7, 11) is 0. The number of nitrogens with one attached hydrogen (secondary N) is 2. The van der Waals surface area contributed by atoms with E-state index < -0.39 is 0 Å². The third-order valence-electron chi connectivity index (χ3n) is 4.46. The van der Waals surface area contributed by atoms with E-state index in [1.807, 2.05) is 72.8 Å². The monoisotopic (exact) mass is 398 g/mol. The standard InChI is InChI=1S/C22H15ClN6/c23-15-10-11-17-16(12-15)21(14-6-2-1-3-7-14)28-22(27-17)29-24-13-20-25-18-8-4-5-9-19(18)26-20/h1-13H,(H,25,26)(H,27,28,29)/b24-13+. The fourth-order valence-corrected chi connectivity index (χ4v) is 3.32. The lowest BCUT2D eigenvalue weighted by atomic mass is 10.1. The van der Waals surface area contributed by atoms with Crippen LogP contribution in [0.25, 0.3) is 33.2 Å². The number of H-pyrrole nitrogens is 1. The molecule has 0 bridgehead atoms. The van der Waals surface area contributed by atoms with E-state index in [0.29, 0.717) is 16.8 Å². The second kappa shape index (κ2) is 7.33. The number of hydrogen-bond acceptors (Lipinski definition) is 5. The maximum Gasteiger partial charge on any atom is 0.244 e. The molecule has 5 aromatic rings. The minimum Gasteiger partial charge on any atom is -0.337 e. The lowest BCUT2D eigenvalue weighted by Gasteiger charge is -2.08. The highest BCUT2D eigenvalue weighted by atomic mass is 35.5. The number of halogens is 1. The molecule has 0 saturated carbocycles. The summed E-state index contributed by atoms with van der Waals surface area (Å²) >= 11 is 6.20. The number of hydrazone groups is 1. The predicted molar refractivity (Wildman–Crippen MR) is 117 cm³/mol. The van der Waals surface area contributed by atoms with E-state index >= 15 is 0 Å². The van der Waals surface area contributed by atoms with E-state index in [1.54, 1.807) is 6.21 Å². The van der Waals surface area contributed by atoms with E-state index in [9.17, 15) is 0 Å². The molecule has 0 aliphatic heterocycles. The maximum atomic E-state index is 6.20. The molecule has 2 heterocycles. The number of nitrogens with zero attached hydrogens (tertiary/aromatic N) is 4. The van der Waals surface area contributed by atoms with Crippen molar-refractivity contribution in [2.75, 3.05) is 5.43 Å². The number of aromatic amines is 1. The molecule has 5 rings (SSSR count). The van der Waals surface area contributed by atoms with Crippen molar-refractivity contribution >= 4 is 45.7 Å². The van der Waals surface area contributed by atoms with Crippen molar-refractivity contribution in [3.63, 3.8) is 0 Å². The second-order valence-corrected chi connectivity index (χ2v) is 6.87. The van der Waals surface area contributed by atoms with Crippen LogP contribution >= 0.6 is 11.6 Å². The van der Waals surface area contributed by atoms with Gasteiger partial charge in [0.05, 0.1) is 28.5 Å². The number of anilines is 1. The molecule has 29 heavy (non-hydrogen) atoms. The van der Waals surface area contributed by atoms with Crippen LogP contribution in [-0.4, -0.2) is 26.2 Å². The zero-order chi connectivity index (χ0) is 19.6. The van der Waals surface area contributed by atoms with Crippen molar-refractivity contribution in [2.24, 2.45) is 5.10 Å². The third kappa shape index (κ3) is 3.53. The van der Waals surface area contributed by atoms with Gasteiger partial charge in [0.15, 0.2) is 5.82 Å². The fraction of sp³-hybridized carbons (Fsp3) is 0. The quantitative estimate of drug-likeness (QED) is 0.319. The fourth-order valence-electron chi connectivity index (χ4n) is 3.15. The first-order valence-corrected chi connectivity index (χ1v) is 9.41. The molecule has 0 saturated heterocycles. The minimum atomic E-state index is 0.394. The van der Waals surface area contributed by atoms with E-state index in [2.05, 4.69) is 30.5 Å². The number of aromatic nitrogens is 4. The molecular formula is C22H15ClN6. The van der Waals surface area contributed by atoms with Crippen molar-refractivity contribution in [1.82, 2.24) is 19.9 Å². The minimum absolute atomic E-state index is 0.394. The number of hydrogen-bond donors (Lipinski definition) is 2. The molecule has 0 spiro atoms. The van der Waals surface area contributed by atoms with Crippen LogP contribution in [0.3, 0.4) is 0 Å². The number of rotatable bonds is 4. The molecule has 0 amide bonds. The van der Waals surface area contributed by atoms with Crippen LogP contribution in [0, 0.1) is 0 Å². The highest BCUT2D eigenvalue weighted by Crippen LogP contribution is 2.29. The molecule has 0 atom stereocenters. The Morgan fingerprint density at radius 3 is 2.55 bits per heavy atom. The van der Waals surface area contributed by atoms with Gasteiger partial charge in [-0.05, 0) is 30.3 Å². The van der Waals surface area contributed by atoms with E-state index in [1.165, 1.54) is 0 Å². The van der Waals surface area contributed by atoms with Gasteiger partial charge >= 0.3 is 0 Å². The Bertz CT molecular complexity index is 1310.